The Labute approximate surface area is 176 Å². The van der Waals surface area contributed by atoms with Gasteiger partial charge in [0.15, 0.2) is 11.4 Å². The molecule has 0 aliphatic heterocycles. The maximum atomic E-state index is 5.80. The molecule has 13 heteroatoms. The average molecular weight is 428 g/mol. The van der Waals surface area contributed by atoms with Crippen molar-refractivity contribution >= 4 is 5.65 Å². The first-order valence-electron chi connectivity index (χ1n) is 9.36. The van der Waals surface area contributed by atoms with E-state index in [1.807, 2.05) is 0 Å². The molecule has 0 saturated heterocycles. The van der Waals surface area contributed by atoms with Crippen molar-refractivity contribution in [3.8, 4) is 29.2 Å². The zero-order valence-electron chi connectivity index (χ0n) is 17.2. The van der Waals surface area contributed by atoms with E-state index in [1.165, 1.54) is 11.6 Å². The van der Waals surface area contributed by atoms with E-state index in [2.05, 4.69) is 35.6 Å². The van der Waals surface area contributed by atoms with Crippen LogP contribution in [0.2, 0.25) is 0 Å². The molecule has 0 saturated carbocycles. The van der Waals surface area contributed by atoms with Crippen molar-refractivity contribution in [3.05, 3.63) is 29.8 Å². The molecule has 0 radical (unpaired) electrons. The van der Waals surface area contributed by atoms with Crippen LogP contribution in [0.3, 0.4) is 0 Å². The molecule has 0 aromatic carbocycles. The molecular formula is C18H20N8O5. The lowest BCUT2D eigenvalue weighted by Gasteiger charge is -2.10. The summed E-state index contributed by atoms with van der Waals surface area (Å²) < 4.78 is 28.1. The molecule has 13 nitrogen and oxygen atoms in total. The molecule has 4 heterocycles. The van der Waals surface area contributed by atoms with Gasteiger partial charge in [0.25, 0.3) is 5.88 Å². The number of methoxy groups -OCH3 is 2. The predicted molar refractivity (Wildman–Crippen MR) is 104 cm³/mol. The largest absolute Gasteiger partial charge is 0.491 e. The number of aromatic nitrogens is 8. The highest BCUT2D eigenvalue weighted by Gasteiger charge is 2.19. The van der Waals surface area contributed by atoms with E-state index in [0.717, 1.165) is 6.42 Å². The normalized spacial score (nSPS) is 11.1. The van der Waals surface area contributed by atoms with Crippen molar-refractivity contribution in [1.29, 1.82) is 0 Å². The third-order valence-corrected chi connectivity index (χ3v) is 4.07. The molecule has 0 aliphatic carbocycles. The Morgan fingerprint density at radius 3 is 2.65 bits per heavy atom. The molecule has 4 rings (SSSR count). The van der Waals surface area contributed by atoms with Gasteiger partial charge in [-0.25, -0.2) is 0 Å². The Morgan fingerprint density at radius 1 is 1.03 bits per heavy atom. The fourth-order valence-corrected chi connectivity index (χ4v) is 2.60. The van der Waals surface area contributed by atoms with Crippen molar-refractivity contribution in [1.82, 2.24) is 40.1 Å². The molecule has 31 heavy (non-hydrogen) atoms. The maximum Gasteiger partial charge on any atom is 0.275 e. The molecule has 0 spiro atoms. The number of rotatable bonds is 10. The summed E-state index contributed by atoms with van der Waals surface area (Å²) in [6.07, 6.45) is 0.769. The first-order chi connectivity index (χ1) is 15.2. The minimum atomic E-state index is 0.116. The number of fused-ring (bicyclic) bond motifs is 1. The highest BCUT2D eigenvalue weighted by molar-refractivity contribution is 5.54. The van der Waals surface area contributed by atoms with Gasteiger partial charge in [0.2, 0.25) is 23.4 Å². The van der Waals surface area contributed by atoms with Gasteiger partial charge in [-0.3, -0.25) is 0 Å². The first kappa shape index (κ1) is 20.4. The lowest BCUT2D eigenvalue weighted by molar-refractivity contribution is 0.170. The van der Waals surface area contributed by atoms with Crippen LogP contribution in [-0.4, -0.2) is 67.6 Å². The highest BCUT2D eigenvalue weighted by atomic mass is 16.5. The molecule has 162 valence electrons. The van der Waals surface area contributed by atoms with Gasteiger partial charge < -0.3 is 23.5 Å². The lowest BCUT2D eigenvalue weighted by atomic mass is 10.4. The van der Waals surface area contributed by atoms with E-state index in [1.54, 1.807) is 32.2 Å². The van der Waals surface area contributed by atoms with Crippen molar-refractivity contribution in [2.75, 3.05) is 27.4 Å². The van der Waals surface area contributed by atoms with E-state index < -0.39 is 0 Å². The number of ether oxygens (including phenoxy) is 4. The molecule has 0 atom stereocenters. The molecule has 0 unspecified atom stereocenters. The smallest absolute Gasteiger partial charge is 0.275 e. The molecule has 0 fully saturated rings. The molecule has 4 aromatic heterocycles. The Bertz CT molecular complexity index is 1140. The second-order valence-electron chi connectivity index (χ2n) is 6.29. The van der Waals surface area contributed by atoms with Crippen LogP contribution in [0.1, 0.15) is 18.0 Å². The molecular weight excluding hydrogens is 408 g/mol. The van der Waals surface area contributed by atoms with Gasteiger partial charge in [0.05, 0.1) is 13.7 Å². The SMILES string of the molecule is COCCCOc1ccc(COc2nn3c(-c4noc(C)n4)nnc3cc2OC)nn1. The number of aryl methyl sites for hydroxylation is 1. The Morgan fingerprint density at radius 2 is 1.94 bits per heavy atom. The van der Waals surface area contributed by atoms with Crippen molar-refractivity contribution in [2.45, 2.75) is 20.0 Å². The van der Waals surface area contributed by atoms with Crippen molar-refractivity contribution in [2.24, 2.45) is 0 Å². The third kappa shape index (κ3) is 4.66. The predicted octanol–water partition coefficient (Wildman–Crippen LogP) is 1.28. The fraction of sp³-hybridized carbons (Fsp3) is 0.389. The van der Waals surface area contributed by atoms with Gasteiger partial charge in [-0.1, -0.05) is 5.16 Å². The fourth-order valence-electron chi connectivity index (χ4n) is 2.60. The van der Waals surface area contributed by atoms with Crippen molar-refractivity contribution < 1.29 is 23.5 Å². The van der Waals surface area contributed by atoms with Crippen molar-refractivity contribution in [3.63, 3.8) is 0 Å². The van der Waals surface area contributed by atoms with E-state index in [9.17, 15) is 0 Å². The zero-order chi connectivity index (χ0) is 21.6. The van der Waals surface area contributed by atoms with Crippen LogP contribution in [0.15, 0.2) is 22.7 Å². The van der Waals surface area contributed by atoms with E-state index in [0.29, 0.717) is 47.9 Å². The van der Waals surface area contributed by atoms with Gasteiger partial charge in [-0.05, 0) is 6.07 Å². The van der Waals surface area contributed by atoms with Gasteiger partial charge in [0.1, 0.15) is 12.3 Å². The number of hydrogen-bond acceptors (Lipinski definition) is 12. The summed E-state index contributed by atoms with van der Waals surface area (Å²) in [5, 5.41) is 24.5. The van der Waals surface area contributed by atoms with E-state index in [4.69, 9.17) is 23.5 Å². The molecule has 0 aliphatic rings. The Kier molecular flexibility index (Phi) is 6.12. The Balaban J connectivity index is 1.48. The summed E-state index contributed by atoms with van der Waals surface area (Å²) in [5.74, 6) is 2.03. The van der Waals surface area contributed by atoms with Gasteiger partial charge in [-0.2, -0.15) is 9.50 Å². The summed E-state index contributed by atoms with van der Waals surface area (Å²) in [6, 6.07) is 5.13. The zero-order valence-corrected chi connectivity index (χ0v) is 17.2. The average Bonchev–Trinajstić information content (AvgIpc) is 3.40. The number of nitrogens with zero attached hydrogens (tertiary/aromatic N) is 8. The van der Waals surface area contributed by atoms with Crippen LogP contribution >= 0.6 is 0 Å². The summed E-state index contributed by atoms with van der Waals surface area (Å²) in [6.45, 7) is 2.92. The standard InChI is InChI=1S/C18H20N8O5/c1-11-19-16(25-31-11)17-23-21-14-9-13(28-3)18(24-26(14)17)30-10-12-5-6-15(22-20-12)29-8-4-7-27-2/h5-6,9H,4,7-8,10H2,1-3H3. The van der Waals surface area contributed by atoms with E-state index >= 15 is 0 Å². The second-order valence-corrected chi connectivity index (χ2v) is 6.29. The van der Waals surface area contributed by atoms with Crippen LogP contribution in [0.25, 0.3) is 17.3 Å². The Hall–Kier alpha value is -3.87. The highest BCUT2D eigenvalue weighted by Crippen LogP contribution is 2.27. The van der Waals surface area contributed by atoms with Gasteiger partial charge in [-0.15, -0.1) is 25.5 Å². The minimum absolute atomic E-state index is 0.116. The van der Waals surface area contributed by atoms with Crippen LogP contribution < -0.4 is 14.2 Å². The molecule has 0 N–H and O–H groups in total. The summed E-state index contributed by atoms with van der Waals surface area (Å²) in [7, 11) is 3.16. The van der Waals surface area contributed by atoms with Crippen LogP contribution in [0.5, 0.6) is 17.5 Å². The van der Waals surface area contributed by atoms with Crippen LogP contribution in [0, 0.1) is 6.92 Å². The molecule has 0 amide bonds. The first-order valence-corrected chi connectivity index (χ1v) is 9.36. The van der Waals surface area contributed by atoms with Crippen LogP contribution in [0.4, 0.5) is 0 Å². The minimum Gasteiger partial charge on any atom is -0.491 e. The molecule has 4 aromatic rings. The number of hydrogen-bond donors (Lipinski definition) is 0. The van der Waals surface area contributed by atoms with E-state index in [-0.39, 0.29) is 18.3 Å². The monoisotopic (exact) mass is 428 g/mol. The van der Waals surface area contributed by atoms with Gasteiger partial charge in [0, 0.05) is 39.2 Å². The maximum absolute atomic E-state index is 5.80. The summed E-state index contributed by atoms with van der Waals surface area (Å²) in [5.41, 5.74) is 1.03. The lowest BCUT2D eigenvalue weighted by Crippen LogP contribution is -2.07. The molecule has 0 bridgehead atoms. The van der Waals surface area contributed by atoms with Crippen LogP contribution in [-0.2, 0) is 11.3 Å². The third-order valence-electron chi connectivity index (χ3n) is 4.07. The second kappa shape index (κ2) is 9.30. The summed E-state index contributed by atoms with van der Waals surface area (Å²) in [4.78, 5) is 4.16. The topological polar surface area (TPSA) is 145 Å². The summed E-state index contributed by atoms with van der Waals surface area (Å²) >= 11 is 0. The van der Waals surface area contributed by atoms with Gasteiger partial charge >= 0.3 is 0 Å². The quantitative estimate of drug-likeness (QED) is 0.335.